The van der Waals surface area contributed by atoms with Crippen molar-refractivity contribution in [2.75, 3.05) is 0 Å². The van der Waals surface area contributed by atoms with Crippen LogP contribution in [0.3, 0.4) is 0 Å². The molecule has 0 aliphatic carbocycles. The Hall–Kier alpha value is -1.35. The molecule has 1 fully saturated rings. The first-order valence-corrected chi connectivity index (χ1v) is 9.61. The molecular weight excluding hydrogens is 353 g/mol. The second-order valence-electron chi connectivity index (χ2n) is 6.66. The number of piperidine rings is 1. The molecule has 0 radical (unpaired) electrons. The van der Waals surface area contributed by atoms with Gasteiger partial charge in [-0.25, -0.2) is 0 Å². The third-order valence-electron chi connectivity index (χ3n) is 5.23. The number of halogens is 2. The molecule has 2 nitrogen and oxygen atoms in total. The molecule has 3 rings (SSSR count). The standard InChI is InChI=1S/C21H23Cl2NO/c1-3-17-19(13-5-9-15(22)10-6-13)24-20(18(4-2)21(17)25)14-7-11-16(23)12-8-14/h5-12,17-20,24H,3-4H2,1-2H3/t17-,18+,19-,20-/m1/s1. The van der Waals surface area contributed by atoms with Crippen molar-refractivity contribution < 1.29 is 4.79 Å². The van der Waals surface area contributed by atoms with Crippen LogP contribution >= 0.6 is 23.2 Å². The lowest BCUT2D eigenvalue weighted by Gasteiger charge is -2.41. The maximum Gasteiger partial charge on any atom is 0.142 e. The molecule has 2 aromatic rings. The Morgan fingerprint density at radius 1 is 0.760 bits per heavy atom. The lowest BCUT2D eigenvalue weighted by molar-refractivity contribution is -0.132. The number of hydrogen-bond donors (Lipinski definition) is 1. The third-order valence-corrected chi connectivity index (χ3v) is 5.74. The maximum absolute atomic E-state index is 13.2. The molecule has 0 unspecified atom stereocenters. The van der Waals surface area contributed by atoms with Crippen molar-refractivity contribution >= 4 is 29.0 Å². The highest BCUT2D eigenvalue weighted by Gasteiger charge is 2.42. The molecular formula is C21H23Cl2NO. The van der Waals surface area contributed by atoms with Crippen LogP contribution in [0.2, 0.25) is 10.0 Å². The van der Waals surface area contributed by atoms with Gasteiger partial charge in [0.05, 0.1) is 0 Å². The van der Waals surface area contributed by atoms with E-state index in [-0.39, 0.29) is 23.9 Å². The van der Waals surface area contributed by atoms with Crippen LogP contribution in [0.25, 0.3) is 0 Å². The molecule has 1 N–H and O–H groups in total. The number of nitrogens with one attached hydrogen (secondary N) is 1. The lowest BCUT2D eigenvalue weighted by Crippen LogP contribution is -2.48. The van der Waals surface area contributed by atoms with Crippen LogP contribution in [0.4, 0.5) is 0 Å². The van der Waals surface area contributed by atoms with E-state index in [0.29, 0.717) is 15.8 Å². The van der Waals surface area contributed by atoms with Crippen LogP contribution in [0.15, 0.2) is 48.5 Å². The van der Waals surface area contributed by atoms with Gasteiger partial charge >= 0.3 is 0 Å². The molecule has 2 aromatic carbocycles. The molecule has 1 aliphatic rings. The highest BCUT2D eigenvalue weighted by Crippen LogP contribution is 2.41. The van der Waals surface area contributed by atoms with Crippen LogP contribution in [0.5, 0.6) is 0 Å². The highest BCUT2D eigenvalue weighted by atomic mass is 35.5. The quantitative estimate of drug-likeness (QED) is 0.709. The third kappa shape index (κ3) is 3.76. The first-order valence-electron chi connectivity index (χ1n) is 8.85. The highest BCUT2D eigenvalue weighted by molar-refractivity contribution is 6.30. The van der Waals surface area contributed by atoms with Gasteiger partial charge in [-0.15, -0.1) is 0 Å². The van der Waals surface area contributed by atoms with E-state index in [9.17, 15) is 4.79 Å². The van der Waals surface area contributed by atoms with E-state index >= 15 is 0 Å². The van der Waals surface area contributed by atoms with Gasteiger partial charge in [0.15, 0.2) is 0 Å². The summed E-state index contributed by atoms with van der Waals surface area (Å²) >= 11 is 12.1. The average Bonchev–Trinajstić information content (AvgIpc) is 2.62. The van der Waals surface area contributed by atoms with Gasteiger partial charge in [-0.2, -0.15) is 0 Å². The van der Waals surface area contributed by atoms with Gasteiger partial charge in [0.25, 0.3) is 0 Å². The molecule has 4 atom stereocenters. The van der Waals surface area contributed by atoms with Gasteiger partial charge in [-0.3, -0.25) is 4.79 Å². The fraction of sp³-hybridized carbons (Fsp3) is 0.381. The van der Waals surface area contributed by atoms with E-state index in [4.69, 9.17) is 23.2 Å². The minimum Gasteiger partial charge on any atom is -0.302 e. The molecule has 0 bridgehead atoms. The fourth-order valence-corrected chi connectivity index (χ4v) is 4.15. The Labute approximate surface area is 159 Å². The number of ketones is 1. The Morgan fingerprint density at radius 2 is 1.12 bits per heavy atom. The van der Waals surface area contributed by atoms with E-state index in [1.807, 2.05) is 48.5 Å². The minimum absolute atomic E-state index is 0.00163. The molecule has 0 saturated carbocycles. The zero-order chi connectivity index (χ0) is 18.0. The Kier molecular flexibility index (Phi) is 5.83. The summed E-state index contributed by atoms with van der Waals surface area (Å²) in [6.45, 7) is 4.17. The van der Waals surface area contributed by atoms with Crippen molar-refractivity contribution in [3.8, 4) is 0 Å². The lowest BCUT2D eigenvalue weighted by atomic mass is 9.72. The van der Waals surface area contributed by atoms with E-state index in [1.165, 1.54) is 0 Å². The molecule has 132 valence electrons. The zero-order valence-electron chi connectivity index (χ0n) is 14.5. The smallest absolute Gasteiger partial charge is 0.142 e. The van der Waals surface area contributed by atoms with Gasteiger partial charge in [-0.05, 0) is 48.2 Å². The number of carbonyl (C=O) groups is 1. The molecule has 1 aliphatic heterocycles. The van der Waals surface area contributed by atoms with E-state index in [2.05, 4.69) is 19.2 Å². The zero-order valence-corrected chi connectivity index (χ0v) is 16.0. The van der Waals surface area contributed by atoms with Gasteiger partial charge in [0.2, 0.25) is 0 Å². The number of carbonyl (C=O) groups excluding carboxylic acids is 1. The van der Waals surface area contributed by atoms with Crippen LogP contribution < -0.4 is 5.32 Å². The minimum atomic E-state index is -0.0188. The Morgan fingerprint density at radius 3 is 1.44 bits per heavy atom. The van der Waals surface area contributed by atoms with Crippen molar-refractivity contribution in [2.45, 2.75) is 38.8 Å². The van der Waals surface area contributed by atoms with E-state index in [0.717, 1.165) is 24.0 Å². The van der Waals surface area contributed by atoms with Crippen LogP contribution in [0, 0.1) is 11.8 Å². The number of benzene rings is 2. The first kappa shape index (κ1) is 18.4. The Balaban J connectivity index is 1.99. The largest absolute Gasteiger partial charge is 0.302 e. The van der Waals surface area contributed by atoms with Gasteiger partial charge in [0.1, 0.15) is 5.78 Å². The maximum atomic E-state index is 13.2. The normalized spacial score (nSPS) is 26.6. The predicted octanol–water partition coefficient (Wildman–Crippen LogP) is 6.00. The van der Waals surface area contributed by atoms with Crippen molar-refractivity contribution in [3.63, 3.8) is 0 Å². The molecule has 0 spiro atoms. The molecule has 25 heavy (non-hydrogen) atoms. The molecule has 0 amide bonds. The average molecular weight is 376 g/mol. The van der Waals surface area contributed by atoms with Crippen LogP contribution in [0.1, 0.15) is 49.9 Å². The number of Topliss-reactive ketones (excluding diaryl/α,β-unsaturated/α-hetero) is 1. The van der Waals surface area contributed by atoms with Crippen LogP contribution in [-0.2, 0) is 4.79 Å². The summed E-state index contributed by atoms with van der Waals surface area (Å²) < 4.78 is 0. The van der Waals surface area contributed by atoms with Crippen molar-refractivity contribution in [2.24, 2.45) is 11.8 Å². The summed E-state index contributed by atoms with van der Waals surface area (Å²) in [4.78, 5) is 13.2. The van der Waals surface area contributed by atoms with Crippen molar-refractivity contribution in [1.29, 1.82) is 0 Å². The van der Waals surface area contributed by atoms with Crippen molar-refractivity contribution in [3.05, 3.63) is 69.7 Å². The summed E-state index contributed by atoms with van der Waals surface area (Å²) in [5.74, 6) is 0.313. The van der Waals surface area contributed by atoms with Crippen LogP contribution in [-0.4, -0.2) is 5.78 Å². The fourth-order valence-electron chi connectivity index (χ4n) is 3.90. The second-order valence-corrected chi connectivity index (χ2v) is 7.53. The second kappa shape index (κ2) is 7.90. The molecule has 0 aromatic heterocycles. The predicted molar refractivity (Wildman–Crippen MR) is 104 cm³/mol. The van der Waals surface area contributed by atoms with Crippen molar-refractivity contribution in [1.82, 2.24) is 5.32 Å². The molecule has 4 heteroatoms. The topological polar surface area (TPSA) is 29.1 Å². The van der Waals surface area contributed by atoms with E-state index in [1.54, 1.807) is 0 Å². The number of rotatable bonds is 4. The SMILES string of the molecule is CC[C@@H]1C(=O)[C@H](CC)[C@@H](c2ccc(Cl)cc2)N[C@@H]1c1ccc(Cl)cc1. The summed E-state index contributed by atoms with van der Waals surface area (Å²) in [6, 6.07) is 15.6. The summed E-state index contributed by atoms with van der Waals surface area (Å²) in [6.07, 6.45) is 1.64. The summed E-state index contributed by atoms with van der Waals surface area (Å²) in [5.41, 5.74) is 2.22. The monoisotopic (exact) mass is 375 g/mol. The summed E-state index contributed by atoms with van der Waals surface area (Å²) in [5, 5.41) is 5.17. The van der Waals surface area contributed by atoms with Gasteiger partial charge in [-0.1, -0.05) is 61.3 Å². The Bertz CT molecular complexity index is 665. The molecule has 1 heterocycles. The number of hydrogen-bond acceptors (Lipinski definition) is 2. The van der Waals surface area contributed by atoms with Gasteiger partial charge in [0, 0.05) is 34.0 Å². The van der Waals surface area contributed by atoms with E-state index < -0.39 is 0 Å². The molecule has 1 saturated heterocycles. The first-order chi connectivity index (χ1) is 12.0. The van der Waals surface area contributed by atoms with Gasteiger partial charge < -0.3 is 5.32 Å². The summed E-state index contributed by atoms with van der Waals surface area (Å²) in [7, 11) is 0.